The van der Waals surface area contributed by atoms with E-state index in [1.165, 1.54) is 16.8 Å². The third-order valence-electron chi connectivity index (χ3n) is 7.32. The standard InChI is InChI=1S/C27H33F5N6O3S/c1-15(2)38-24-16(14-33-26(35-24)34-17-5-7-18(8-6-17)37(3)4)11-20(25(38)39)19-12-22(29)23(13-21(19)28)36-42(40,41)10-9-27(30,31)32/h11-15,17-18,36H,5-10H2,1-4H3,(H,33,34,35). The van der Waals surface area contributed by atoms with Gasteiger partial charge >= 0.3 is 6.18 Å². The monoisotopic (exact) mass is 616 g/mol. The van der Waals surface area contributed by atoms with Gasteiger partial charge in [0, 0.05) is 41.3 Å². The van der Waals surface area contributed by atoms with Crippen LogP contribution in [-0.2, 0) is 10.0 Å². The van der Waals surface area contributed by atoms with E-state index in [0.29, 0.717) is 35.2 Å². The van der Waals surface area contributed by atoms with Gasteiger partial charge in [0.05, 0.1) is 23.4 Å². The molecule has 230 valence electrons. The lowest BCUT2D eigenvalue weighted by Gasteiger charge is -2.33. The van der Waals surface area contributed by atoms with Gasteiger partial charge in [-0.1, -0.05) is 0 Å². The quantitative estimate of drug-likeness (QED) is 0.314. The SMILES string of the molecule is CC(C)n1c(=O)c(-c2cc(F)c(NS(=O)(=O)CCC(F)(F)F)cc2F)cc2cnc(NC3CCC(N(C)C)CC3)nc21. The lowest BCUT2D eigenvalue weighted by molar-refractivity contribution is -0.129. The van der Waals surface area contributed by atoms with Crippen LogP contribution in [-0.4, -0.2) is 66.0 Å². The molecule has 2 N–H and O–H groups in total. The molecule has 0 bridgehead atoms. The van der Waals surface area contributed by atoms with Crippen LogP contribution >= 0.6 is 0 Å². The van der Waals surface area contributed by atoms with Crippen LogP contribution in [0.4, 0.5) is 33.6 Å². The Bertz CT molecular complexity index is 1620. The third kappa shape index (κ3) is 7.35. The van der Waals surface area contributed by atoms with Crippen molar-refractivity contribution in [2.24, 2.45) is 0 Å². The maximum absolute atomic E-state index is 15.2. The van der Waals surface area contributed by atoms with Crippen molar-refractivity contribution in [2.75, 3.05) is 29.9 Å². The van der Waals surface area contributed by atoms with Gasteiger partial charge in [-0.15, -0.1) is 0 Å². The fourth-order valence-electron chi connectivity index (χ4n) is 5.08. The van der Waals surface area contributed by atoms with Crippen molar-refractivity contribution in [3.63, 3.8) is 0 Å². The Morgan fingerprint density at radius 2 is 1.71 bits per heavy atom. The number of pyridine rings is 1. The summed E-state index contributed by atoms with van der Waals surface area (Å²) in [6, 6.07) is 2.70. The molecule has 0 unspecified atom stereocenters. The van der Waals surface area contributed by atoms with Crippen LogP contribution in [0.15, 0.2) is 29.2 Å². The summed E-state index contributed by atoms with van der Waals surface area (Å²) >= 11 is 0. The van der Waals surface area contributed by atoms with Gasteiger partial charge in [0.2, 0.25) is 16.0 Å². The smallest absolute Gasteiger partial charge is 0.351 e. The molecule has 2 heterocycles. The number of nitrogens with one attached hydrogen (secondary N) is 2. The van der Waals surface area contributed by atoms with Crippen molar-refractivity contribution in [1.82, 2.24) is 19.4 Å². The van der Waals surface area contributed by atoms with Crippen molar-refractivity contribution >= 4 is 32.7 Å². The fraction of sp³-hybridized carbons (Fsp3) is 0.519. The Morgan fingerprint density at radius 1 is 1.05 bits per heavy atom. The number of anilines is 2. The zero-order chi connectivity index (χ0) is 31.0. The van der Waals surface area contributed by atoms with Crippen molar-refractivity contribution < 1.29 is 30.4 Å². The van der Waals surface area contributed by atoms with Crippen molar-refractivity contribution in [3.8, 4) is 11.1 Å². The summed E-state index contributed by atoms with van der Waals surface area (Å²) in [5.74, 6) is -3.43. The van der Waals surface area contributed by atoms with E-state index >= 15 is 4.39 Å². The van der Waals surface area contributed by atoms with Crippen LogP contribution in [0.1, 0.15) is 52.0 Å². The van der Waals surface area contributed by atoms with Gasteiger partial charge in [0.25, 0.3) is 5.56 Å². The van der Waals surface area contributed by atoms with Crippen molar-refractivity contribution in [1.29, 1.82) is 0 Å². The number of fused-ring (bicyclic) bond motifs is 1. The summed E-state index contributed by atoms with van der Waals surface area (Å²) in [5.41, 5.74) is -1.90. The van der Waals surface area contributed by atoms with Crippen LogP contribution in [0.5, 0.6) is 0 Å². The number of aromatic nitrogens is 3. The first-order valence-corrected chi connectivity index (χ1v) is 15.1. The molecular weight excluding hydrogens is 583 g/mol. The molecule has 3 aromatic rings. The highest BCUT2D eigenvalue weighted by Gasteiger charge is 2.30. The van der Waals surface area contributed by atoms with E-state index in [0.717, 1.165) is 25.7 Å². The lowest BCUT2D eigenvalue weighted by Crippen LogP contribution is -2.36. The molecule has 0 spiro atoms. The average molecular weight is 617 g/mol. The number of hydrogen-bond acceptors (Lipinski definition) is 7. The van der Waals surface area contributed by atoms with E-state index in [1.54, 1.807) is 18.6 Å². The second-order valence-electron chi connectivity index (χ2n) is 11.0. The van der Waals surface area contributed by atoms with E-state index in [-0.39, 0.29) is 11.6 Å². The number of sulfonamides is 1. The highest BCUT2D eigenvalue weighted by atomic mass is 32.2. The number of hydrogen-bond donors (Lipinski definition) is 2. The second-order valence-corrected chi connectivity index (χ2v) is 12.9. The first-order valence-electron chi connectivity index (χ1n) is 13.5. The molecular formula is C27H33F5N6O3S. The minimum absolute atomic E-state index is 0.165. The summed E-state index contributed by atoms with van der Waals surface area (Å²) in [6.45, 7) is 3.47. The van der Waals surface area contributed by atoms with Crippen molar-refractivity contribution in [3.05, 3.63) is 46.4 Å². The molecule has 0 amide bonds. The predicted octanol–water partition coefficient (Wildman–Crippen LogP) is 5.30. The summed E-state index contributed by atoms with van der Waals surface area (Å²) in [4.78, 5) is 24.7. The minimum atomic E-state index is -4.75. The van der Waals surface area contributed by atoms with Crippen LogP contribution in [0.3, 0.4) is 0 Å². The van der Waals surface area contributed by atoms with Gasteiger partial charge in [0.1, 0.15) is 17.3 Å². The maximum Gasteiger partial charge on any atom is 0.390 e. The Balaban J connectivity index is 1.66. The van der Waals surface area contributed by atoms with Gasteiger partial charge in [-0.3, -0.25) is 14.1 Å². The molecule has 0 radical (unpaired) electrons. The number of alkyl halides is 3. The molecule has 1 fully saturated rings. The molecule has 4 rings (SSSR count). The van der Waals surface area contributed by atoms with Gasteiger partial charge in [-0.05, 0) is 65.8 Å². The minimum Gasteiger partial charge on any atom is -0.351 e. The first kappa shape index (κ1) is 31.6. The van der Waals surface area contributed by atoms with Crippen LogP contribution in [0.25, 0.3) is 22.2 Å². The average Bonchev–Trinajstić information content (AvgIpc) is 2.89. The highest BCUT2D eigenvalue weighted by Crippen LogP contribution is 2.30. The zero-order valence-corrected chi connectivity index (χ0v) is 24.4. The molecule has 1 aliphatic rings. The Kier molecular flexibility index (Phi) is 9.11. The molecule has 1 saturated carbocycles. The number of rotatable bonds is 9. The van der Waals surface area contributed by atoms with Gasteiger partial charge in [-0.2, -0.15) is 18.2 Å². The Hall–Kier alpha value is -3.33. The summed E-state index contributed by atoms with van der Waals surface area (Å²) in [5, 5.41) is 3.72. The Morgan fingerprint density at radius 3 is 2.31 bits per heavy atom. The molecule has 9 nitrogen and oxygen atoms in total. The van der Waals surface area contributed by atoms with Crippen LogP contribution in [0, 0.1) is 11.6 Å². The van der Waals surface area contributed by atoms with Crippen LogP contribution in [0.2, 0.25) is 0 Å². The van der Waals surface area contributed by atoms with Gasteiger partial charge in [-0.25, -0.2) is 22.2 Å². The highest BCUT2D eigenvalue weighted by molar-refractivity contribution is 7.92. The summed E-state index contributed by atoms with van der Waals surface area (Å²) in [7, 11) is -0.511. The largest absolute Gasteiger partial charge is 0.390 e. The molecule has 0 aliphatic heterocycles. The van der Waals surface area contributed by atoms with E-state index in [2.05, 4.69) is 34.3 Å². The lowest BCUT2D eigenvalue weighted by atomic mass is 9.91. The van der Waals surface area contributed by atoms with E-state index in [4.69, 9.17) is 0 Å². The third-order valence-corrected chi connectivity index (χ3v) is 8.59. The van der Waals surface area contributed by atoms with E-state index in [9.17, 15) is 30.8 Å². The van der Waals surface area contributed by atoms with Gasteiger partial charge in [0.15, 0.2) is 0 Å². The molecule has 0 atom stereocenters. The topological polar surface area (TPSA) is 109 Å². The van der Waals surface area contributed by atoms with Crippen LogP contribution < -0.4 is 15.6 Å². The maximum atomic E-state index is 15.2. The van der Waals surface area contributed by atoms with E-state index in [1.807, 2.05) is 0 Å². The molecule has 42 heavy (non-hydrogen) atoms. The first-order chi connectivity index (χ1) is 19.5. The molecule has 2 aromatic heterocycles. The fourth-order valence-corrected chi connectivity index (χ4v) is 6.17. The summed E-state index contributed by atoms with van der Waals surface area (Å²) < 4.78 is 94.4. The zero-order valence-electron chi connectivity index (χ0n) is 23.6. The molecule has 1 aromatic carbocycles. The molecule has 15 heteroatoms. The predicted molar refractivity (Wildman–Crippen MR) is 151 cm³/mol. The van der Waals surface area contributed by atoms with Crippen molar-refractivity contribution in [2.45, 2.75) is 70.3 Å². The number of benzene rings is 1. The second kappa shape index (κ2) is 12.1. The number of halogens is 5. The van der Waals surface area contributed by atoms with Gasteiger partial charge < -0.3 is 10.2 Å². The normalized spacial score (nSPS) is 18.2. The molecule has 0 saturated heterocycles. The molecule has 1 aliphatic carbocycles. The number of nitrogens with zero attached hydrogens (tertiary/aromatic N) is 4. The Labute approximate surface area is 240 Å². The van der Waals surface area contributed by atoms with E-state index < -0.39 is 62.9 Å². The summed E-state index contributed by atoms with van der Waals surface area (Å²) in [6.07, 6.45) is -1.02.